The number of rotatable bonds is 49. The molecule has 1 aliphatic rings. The first-order chi connectivity index (χ1) is 35.6. The summed E-state index contributed by atoms with van der Waals surface area (Å²) in [6, 6.07) is 0. The molecule has 0 aromatic heterocycles. The van der Waals surface area contributed by atoms with Crippen molar-refractivity contribution in [2.75, 3.05) is 13.2 Å². The molecule has 420 valence electrons. The summed E-state index contributed by atoms with van der Waals surface area (Å²) in [6.45, 7) is 5.85. The van der Waals surface area contributed by atoms with Crippen LogP contribution in [0.15, 0.2) is 60.8 Å². The van der Waals surface area contributed by atoms with Gasteiger partial charge in [-0.2, -0.15) is 0 Å². The molecular weight excluding hydrogens is 925 g/mol. The van der Waals surface area contributed by atoms with Crippen LogP contribution in [0.25, 0.3) is 0 Å². The van der Waals surface area contributed by atoms with Crippen molar-refractivity contribution in [1.82, 2.24) is 0 Å². The molecule has 73 heavy (non-hydrogen) atoms. The average Bonchev–Trinajstić information content (AvgIpc) is 3.37. The highest BCUT2D eigenvalue weighted by molar-refractivity contribution is 5.74. The van der Waals surface area contributed by atoms with Crippen LogP contribution in [0.4, 0.5) is 0 Å². The predicted octanol–water partition coefficient (Wildman–Crippen LogP) is 14.8. The summed E-state index contributed by atoms with van der Waals surface area (Å²) in [5, 5.41) is 31.4. The molecule has 1 rings (SSSR count). The predicted molar refractivity (Wildman–Crippen MR) is 294 cm³/mol. The molecular formula is C61H104O12. The lowest BCUT2D eigenvalue weighted by atomic mass is 9.98. The summed E-state index contributed by atoms with van der Waals surface area (Å²) in [5.41, 5.74) is 0. The van der Waals surface area contributed by atoms with E-state index in [1.165, 1.54) is 109 Å². The number of allylic oxidation sites excluding steroid dienone is 10. The fraction of sp³-hybridized carbons (Fsp3) is 0.770. The highest BCUT2D eigenvalue weighted by Gasteiger charge is 2.50. The van der Waals surface area contributed by atoms with E-state index in [1.807, 2.05) is 0 Å². The largest absolute Gasteiger partial charge is 0.479 e. The number of aliphatic carboxylic acids is 1. The second kappa shape index (κ2) is 49.3. The first kappa shape index (κ1) is 67.4. The Bertz CT molecular complexity index is 1500. The van der Waals surface area contributed by atoms with Crippen LogP contribution in [0, 0.1) is 0 Å². The fourth-order valence-corrected chi connectivity index (χ4v) is 8.59. The number of esters is 3. The van der Waals surface area contributed by atoms with Gasteiger partial charge in [0.1, 0.15) is 18.8 Å². The van der Waals surface area contributed by atoms with Gasteiger partial charge >= 0.3 is 23.9 Å². The molecule has 0 aromatic rings. The summed E-state index contributed by atoms with van der Waals surface area (Å²) in [5.74, 6) is -3.17. The van der Waals surface area contributed by atoms with E-state index in [2.05, 4.69) is 81.5 Å². The molecule has 0 spiro atoms. The number of carbonyl (C=O) groups is 4. The maximum Gasteiger partial charge on any atom is 0.335 e. The number of ether oxygens (including phenoxy) is 5. The Hall–Kier alpha value is -3.58. The summed E-state index contributed by atoms with van der Waals surface area (Å²) in [6.07, 6.45) is 47.7. The van der Waals surface area contributed by atoms with Crippen molar-refractivity contribution in [1.29, 1.82) is 0 Å². The molecule has 6 unspecified atom stereocenters. The molecule has 0 bridgehead atoms. The quantitative estimate of drug-likeness (QED) is 0.0228. The van der Waals surface area contributed by atoms with E-state index < -0.39 is 67.3 Å². The number of hydrogen-bond acceptors (Lipinski definition) is 11. The molecule has 0 aliphatic carbocycles. The molecule has 1 heterocycles. The minimum Gasteiger partial charge on any atom is -0.479 e. The van der Waals surface area contributed by atoms with Crippen molar-refractivity contribution in [2.45, 2.75) is 289 Å². The smallest absolute Gasteiger partial charge is 0.335 e. The van der Waals surface area contributed by atoms with Crippen LogP contribution in [0.5, 0.6) is 0 Å². The van der Waals surface area contributed by atoms with Crippen molar-refractivity contribution < 1.29 is 58.2 Å². The molecule has 0 saturated carbocycles. The van der Waals surface area contributed by atoms with E-state index in [1.54, 1.807) is 0 Å². The summed E-state index contributed by atoms with van der Waals surface area (Å²) in [7, 11) is 0. The minimum atomic E-state index is -1.92. The highest BCUT2D eigenvalue weighted by atomic mass is 16.7. The van der Waals surface area contributed by atoms with E-state index in [0.29, 0.717) is 25.7 Å². The van der Waals surface area contributed by atoms with E-state index in [9.17, 15) is 34.5 Å². The molecule has 3 N–H and O–H groups in total. The minimum absolute atomic E-state index is 0.00834. The Morgan fingerprint density at radius 2 is 0.863 bits per heavy atom. The Kier molecular flexibility index (Phi) is 45.5. The van der Waals surface area contributed by atoms with Crippen molar-refractivity contribution in [2.24, 2.45) is 0 Å². The molecule has 1 fully saturated rings. The van der Waals surface area contributed by atoms with E-state index in [0.717, 1.165) is 77.0 Å². The first-order valence-corrected chi connectivity index (χ1v) is 29.3. The lowest BCUT2D eigenvalue weighted by Gasteiger charge is -2.40. The Morgan fingerprint density at radius 1 is 0.466 bits per heavy atom. The molecule has 0 amide bonds. The first-order valence-electron chi connectivity index (χ1n) is 29.3. The summed E-state index contributed by atoms with van der Waals surface area (Å²) < 4.78 is 28.4. The van der Waals surface area contributed by atoms with Gasteiger partial charge in [0.25, 0.3) is 0 Å². The number of carbonyl (C=O) groups excluding carboxylic acids is 3. The Labute approximate surface area is 443 Å². The van der Waals surface area contributed by atoms with Crippen molar-refractivity contribution in [3.63, 3.8) is 0 Å². The SMILES string of the molecule is CC/C=C\C/C=C\C/C=C\C/C=C\CCCCC(=O)OC1C(OCC(COC(=O)CCCCCCCCC/C=C\CCCCCCCC)OC(=O)CCCCCCCCCCCCC)OC(C(=O)O)C(O)C1O. The van der Waals surface area contributed by atoms with Gasteiger partial charge < -0.3 is 39.0 Å². The van der Waals surface area contributed by atoms with Gasteiger partial charge in [-0.1, -0.05) is 210 Å². The zero-order valence-corrected chi connectivity index (χ0v) is 46.1. The van der Waals surface area contributed by atoms with Crippen molar-refractivity contribution in [3.05, 3.63) is 60.8 Å². The Morgan fingerprint density at radius 3 is 1.36 bits per heavy atom. The third-order valence-electron chi connectivity index (χ3n) is 13.1. The van der Waals surface area contributed by atoms with Gasteiger partial charge in [0, 0.05) is 19.3 Å². The van der Waals surface area contributed by atoms with Crippen LogP contribution < -0.4 is 0 Å². The Balaban J connectivity index is 2.70. The van der Waals surface area contributed by atoms with Gasteiger partial charge in [-0.25, -0.2) is 4.79 Å². The van der Waals surface area contributed by atoms with Gasteiger partial charge in [-0.3, -0.25) is 14.4 Å². The highest BCUT2D eigenvalue weighted by Crippen LogP contribution is 2.26. The zero-order valence-electron chi connectivity index (χ0n) is 46.1. The second-order valence-electron chi connectivity index (χ2n) is 19.9. The molecule has 1 aliphatic heterocycles. The van der Waals surface area contributed by atoms with Crippen molar-refractivity contribution >= 4 is 23.9 Å². The molecule has 0 radical (unpaired) electrons. The molecule has 12 nitrogen and oxygen atoms in total. The lowest BCUT2D eigenvalue weighted by Crippen LogP contribution is -2.61. The number of aliphatic hydroxyl groups excluding tert-OH is 2. The van der Waals surface area contributed by atoms with Gasteiger partial charge in [-0.15, -0.1) is 0 Å². The average molecular weight is 1030 g/mol. The number of unbranched alkanes of at least 4 members (excludes halogenated alkanes) is 25. The fourth-order valence-electron chi connectivity index (χ4n) is 8.59. The van der Waals surface area contributed by atoms with Gasteiger partial charge in [0.05, 0.1) is 6.61 Å². The van der Waals surface area contributed by atoms with Crippen LogP contribution in [0.3, 0.4) is 0 Å². The second-order valence-corrected chi connectivity index (χ2v) is 19.9. The maximum absolute atomic E-state index is 13.1. The van der Waals surface area contributed by atoms with Gasteiger partial charge in [0.2, 0.25) is 0 Å². The topological polar surface area (TPSA) is 175 Å². The van der Waals surface area contributed by atoms with E-state index >= 15 is 0 Å². The van der Waals surface area contributed by atoms with E-state index in [4.69, 9.17) is 23.7 Å². The normalized spacial score (nSPS) is 18.7. The lowest BCUT2D eigenvalue weighted by molar-refractivity contribution is -0.301. The molecule has 1 saturated heterocycles. The van der Waals surface area contributed by atoms with Crippen LogP contribution in [-0.4, -0.2) is 89.2 Å². The third kappa shape index (κ3) is 39.5. The maximum atomic E-state index is 13.1. The zero-order chi connectivity index (χ0) is 53.3. The number of carboxylic acids is 1. The van der Waals surface area contributed by atoms with Gasteiger partial charge in [0.15, 0.2) is 24.6 Å². The molecule has 6 atom stereocenters. The van der Waals surface area contributed by atoms with Crippen LogP contribution in [0.1, 0.15) is 252 Å². The monoisotopic (exact) mass is 1030 g/mol. The van der Waals surface area contributed by atoms with Crippen LogP contribution in [-0.2, 0) is 42.9 Å². The number of hydrogen-bond donors (Lipinski definition) is 3. The number of aliphatic hydroxyl groups is 2. The summed E-state index contributed by atoms with van der Waals surface area (Å²) >= 11 is 0. The summed E-state index contributed by atoms with van der Waals surface area (Å²) in [4.78, 5) is 51.0. The van der Waals surface area contributed by atoms with Crippen LogP contribution >= 0.6 is 0 Å². The van der Waals surface area contributed by atoms with E-state index in [-0.39, 0.29) is 25.9 Å². The van der Waals surface area contributed by atoms with Crippen LogP contribution in [0.2, 0.25) is 0 Å². The number of carboxylic acid groups (broad SMARTS) is 1. The van der Waals surface area contributed by atoms with Gasteiger partial charge in [-0.05, 0) is 83.5 Å². The van der Waals surface area contributed by atoms with Crippen molar-refractivity contribution in [3.8, 4) is 0 Å². The standard InChI is InChI=1S/C61H104O12/c1-4-7-10-13-16-19-22-24-26-27-29-30-33-35-38-41-44-47-53(62)69-50-52(71-54(63)48-45-42-39-36-32-21-18-15-12-9-6-3)51-70-61-59(57(66)56(65)58(73-61)60(67)68)72-55(64)49-46-43-40-37-34-31-28-25-23-20-17-14-11-8-5-2/h8,11,17,20,24-26,28,34,37,52,56-59,61,65-66H,4-7,9-10,12-16,18-19,21-23,27,29-33,35-36,38-51H2,1-3H3,(H,67,68)/b11-8-,20-17-,26-24-,28-25-,37-34-. The molecule has 0 aromatic carbocycles. The molecule has 12 heteroatoms. The third-order valence-corrected chi connectivity index (χ3v) is 13.1.